The van der Waals surface area contributed by atoms with E-state index in [0.717, 1.165) is 51.3 Å². The van der Waals surface area contributed by atoms with E-state index in [1.807, 2.05) is 16.8 Å². The molecular weight excluding hydrogens is 270 g/mol. The number of rotatable bonds is 5. The molecule has 0 saturated carbocycles. The van der Waals surface area contributed by atoms with Crippen molar-refractivity contribution >= 4 is 29.7 Å². The molecule has 2 heterocycles. The third kappa shape index (κ3) is 4.94. The Balaban J connectivity index is 0.00000162. The molecule has 1 aromatic heterocycles. The van der Waals surface area contributed by atoms with Gasteiger partial charge < -0.3 is 15.5 Å². The molecule has 0 radical (unpaired) electrons. The van der Waals surface area contributed by atoms with Crippen molar-refractivity contribution in [3.05, 3.63) is 22.4 Å². The summed E-state index contributed by atoms with van der Waals surface area (Å²) in [5, 5.41) is 10.1. The molecule has 18 heavy (non-hydrogen) atoms. The highest BCUT2D eigenvalue weighted by atomic mass is 35.5. The molecule has 0 atom stereocenters. The molecule has 102 valence electrons. The maximum absolute atomic E-state index is 11.6. The number of hydrogen-bond acceptors (Lipinski definition) is 4. The summed E-state index contributed by atoms with van der Waals surface area (Å²) < 4.78 is 0. The highest BCUT2D eigenvalue weighted by Crippen LogP contribution is 2.05. The third-order valence-corrected chi connectivity index (χ3v) is 3.61. The topological polar surface area (TPSA) is 44.4 Å². The number of amides is 1. The van der Waals surface area contributed by atoms with Crippen LogP contribution in [0.2, 0.25) is 0 Å². The van der Waals surface area contributed by atoms with E-state index < -0.39 is 0 Å². The molecule has 0 aliphatic carbocycles. The zero-order valence-corrected chi connectivity index (χ0v) is 12.0. The molecule has 0 unspecified atom stereocenters. The van der Waals surface area contributed by atoms with Gasteiger partial charge >= 0.3 is 0 Å². The Labute approximate surface area is 118 Å². The zero-order chi connectivity index (χ0) is 11.9. The second kappa shape index (κ2) is 8.48. The lowest BCUT2D eigenvalue weighted by Gasteiger charge is -2.27. The maximum Gasteiger partial charge on any atom is 0.252 e. The molecule has 1 aliphatic rings. The number of nitrogens with one attached hydrogen (secondary N) is 2. The zero-order valence-electron chi connectivity index (χ0n) is 10.4. The van der Waals surface area contributed by atoms with Gasteiger partial charge in [-0.05, 0) is 24.4 Å². The van der Waals surface area contributed by atoms with Crippen LogP contribution in [-0.2, 0) is 0 Å². The molecule has 1 aliphatic heterocycles. The van der Waals surface area contributed by atoms with Gasteiger partial charge in [0.15, 0.2) is 0 Å². The molecule has 1 saturated heterocycles. The molecule has 0 spiro atoms. The Hall–Kier alpha value is -0.620. The number of hydrogen-bond donors (Lipinski definition) is 2. The Bertz CT molecular complexity index is 339. The molecule has 1 fully saturated rings. The first-order chi connectivity index (χ1) is 8.36. The third-order valence-electron chi connectivity index (χ3n) is 2.93. The molecule has 6 heteroatoms. The van der Waals surface area contributed by atoms with E-state index >= 15 is 0 Å². The minimum Gasteiger partial charge on any atom is -0.352 e. The molecular formula is C12H20ClN3OS. The van der Waals surface area contributed by atoms with Gasteiger partial charge in [-0.3, -0.25) is 4.79 Å². The minimum atomic E-state index is 0. The fraction of sp³-hybridized carbons (Fsp3) is 0.583. The van der Waals surface area contributed by atoms with Crippen molar-refractivity contribution in [1.29, 1.82) is 0 Å². The number of carbonyl (C=O) groups is 1. The van der Waals surface area contributed by atoms with Gasteiger partial charge in [-0.25, -0.2) is 0 Å². The van der Waals surface area contributed by atoms with E-state index in [2.05, 4.69) is 15.5 Å². The summed E-state index contributed by atoms with van der Waals surface area (Å²) in [6.07, 6.45) is 1.02. The highest BCUT2D eigenvalue weighted by Gasteiger charge is 2.09. The average molecular weight is 290 g/mol. The van der Waals surface area contributed by atoms with Crippen molar-refractivity contribution in [2.24, 2.45) is 0 Å². The van der Waals surface area contributed by atoms with Crippen LogP contribution >= 0.6 is 23.7 Å². The standard InChI is InChI=1S/C12H19N3OS.ClH/c16-12(11-2-9-17-10-11)14-3-1-6-15-7-4-13-5-8-15;/h2,9-10,13H,1,3-8H2,(H,14,16);1H. The Kier molecular flexibility index (Phi) is 7.27. The van der Waals surface area contributed by atoms with Crippen molar-refractivity contribution in [2.75, 3.05) is 39.3 Å². The van der Waals surface area contributed by atoms with Crippen LogP contribution in [0.3, 0.4) is 0 Å². The second-order valence-corrected chi connectivity index (χ2v) is 4.99. The summed E-state index contributed by atoms with van der Waals surface area (Å²) in [5.41, 5.74) is 0.775. The van der Waals surface area contributed by atoms with Gasteiger partial charge in [0, 0.05) is 43.7 Å². The number of carbonyl (C=O) groups excluding carboxylic acids is 1. The number of halogens is 1. The van der Waals surface area contributed by atoms with Crippen LogP contribution in [0.15, 0.2) is 16.8 Å². The normalized spacial score (nSPS) is 16.0. The fourth-order valence-corrected chi connectivity index (χ4v) is 2.57. The van der Waals surface area contributed by atoms with Crippen molar-refractivity contribution in [3.63, 3.8) is 0 Å². The van der Waals surface area contributed by atoms with Crippen LogP contribution in [0.25, 0.3) is 0 Å². The smallest absolute Gasteiger partial charge is 0.252 e. The first-order valence-corrected chi connectivity index (χ1v) is 7.04. The number of piperazine rings is 1. The van der Waals surface area contributed by atoms with E-state index in [0.29, 0.717) is 0 Å². The van der Waals surface area contributed by atoms with Gasteiger partial charge in [0.25, 0.3) is 5.91 Å². The van der Waals surface area contributed by atoms with Crippen molar-refractivity contribution < 1.29 is 4.79 Å². The summed E-state index contributed by atoms with van der Waals surface area (Å²) in [5.74, 6) is 0.0477. The van der Waals surface area contributed by atoms with Crippen LogP contribution in [0.1, 0.15) is 16.8 Å². The highest BCUT2D eigenvalue weighted by molar-refractivity contribution is 7.08. The van der Waals surface area contributed by atoms with Crippen molar-refractivity contribution in [3.8, 4) is 0 Å². The summed E-state index contributed by atoms with van der Waals surface area (Å²) in [6, 6.07) is 1.86. The predicted octanol–water partition coefficient (Wildman–Crippen LogP) is 1.19. The molecule has 0 aromatic carbocycles. The number of nitrogens with zero attached hydrogens (tertiary/aromatic N) is 1. The van der Waals surface area contributed by atoms with Crippen molar-refractivity contribution in [2.45, 2.75) is 6.42 Å². The average Bonchev–Trinajstić information content (AvgIpc) is 2.89. The second-order valence-electron chi connectivity index (χ2n) is 4.21. The Morgan fingerprint density at radius 1 is 1.44 bits per heavy atom. The Morgan fingerprint density at radius 2 is 2.22 bits per heavy atom. The lowest BCUT2D eigenvalue weighted by molar-refractivity contribution is 0.0951. The predicted molar refractivity (Wildman–Crippen MR) is 77.8 cm³/mol. The summed E-state index contributed by atoms with van der Waals surface area (Å²) in [4.78, 5) is 14.1. The maximum atomic E-state index is 11.6. The summed E-state index contributed by atoms with van der Waals surface area (Å²) in [6.45, 7) is 6.25. The largest absolute Gasteiger partial charge is 0.352 e. The molecule has 2 N–H and O–H groups in total. The molecule has 0 bridgehead atoms. The first-order valence-electron chi connectivity index (χ1n) is 6.10. The van der Waals surface area contributed by atoms with E-state index in [-0.39, 0.29) is 18.3 Å². The first kappa shape index (κ1) is 15.4. The monoisotopic (exact) mass is 289 g/mol. The molecule has 4 nitrogen and oxygen atoms in total. The summed E-state index contributed by atoms with van der Waals surface area (Å²) >= 11 is 1.55. The lowest BCUT2D eigenvalue weighted by atomic mass is 10.3. The van der Waals surface area contributed by atoms with Gasteiger partial charge in [-0.2, -0.15) is 11.3 Å². The Morgan fingerprint density at radius 3 is 2.89 bits per heavy atom. The van der Waals surface area contributed by atoms with E-state index in [1.165, 1.54) is 0 Å². The van der Waals surface area contributed by atoms with Gasteiger partial charge in [-0.15, -0.1) is 12.4 Å². The SMILES string of the molecule is Cl.O=C(NCCCN1CCNCC1)c1ccsc1. The quantitative estimate of drug-likeness (QED) is 0.801. The van der Waals surface area contributed by atoms with Crippen LogP contribution in [0.4, 0.5) is 0 Å². The van der Waals surface area contributed by atoms with E-state index in [9.17, 15) is 4.79 Å². The van der Waals surface area contributed by atoms with E-state index in [1.54, 1.807) is 11.3 Å². The fourth-order valence-electron chi connectivity index (χ4n) is 1.94. The van der Waals surface area contributed by atoms with Gasteiger partial charge in [0.2, 0.25) is 0 Å². The lowest BCUT2D eigenvalue weighted by Crippen LogP contribution is -2.44. The van der Waals surface area contributed by atoms with Crippen LogP contribution in [0.5, 0.6) is 0 Å². The van der Waals surface area contributed by atoms with E-state index in [4.69, 9.17) is 0 Å². The van der Waals surface area contributed by atoms with Gasteiger partial charge in [0.1, 0.15) is 0 Å². The number of thiophene rings is 1. The molecule has 2 rings (SSSR count). The van der Waals surface area contributed by atoms with Gasteiger partial charge in [0.05, 0.1) is 0 Å². The van der Waals surface area contributed by atoms with Gasteiger partial charge in [-0.1, -0.05) is 0 Å². The van der Waals surface area contributed by atoms with Crippen LogP contribution < -0.4 is 10.6 Å². The minimum absolute atomic E-state index is 0. The van der Waals surface area contributed by atoms with Crippen LogP contribution in [0, 0.1) is 0 Å². The molecule has 1 amide bonds. The van der Waals surface area contributed by atoms with Crippen molar-refractivity contribution in [1.82, 2.24) is 15.5 Å². The van der Waals surface area contributed by atoms with Crippen LogP contribution in [-0.4, -0.2) is 50.1 Å². The summed E-state index contributed by atoms with van der Waals surface area (Å²) in [7, 11) is 0. The molecule has 1 aromatic rings.